The summed E-state index contributed by atoms with van der Waals surface area (Å²) in [7, 11) is 0. The van der Waals surface area contributed by atoms with Gasteiger partial charge in [0.2, 0.25) is 0 Å². The van der Waals surface area contributed by atoms with E-state index in [-0.39, 0.29) is 0 Å². The van der Waals surface area contributed by atoms with Crippen LogP contribution in [-0.2, 0) is 0 Å². The van der Waals surface area contributed by atoms with Crippen LogP contribution in [0, 0.1) is 24.2 Å². The normalized spacial score (nSPS) is 31.3. The van der Waals surface area contributed by atoms with Gasteiger partial charge >= 0.3 is 0 Å². The van der Waals surface area contributed by atoms with E-state index < -0.39 is 0 Å². The van der Waals surface area contributed by atoms with Gasteiger partial charge in [-0.2, -0.15) is 0 Å². The van der Waals surface area contributed by atoms with Crippen LogP contribution in [0.4, 0.5) is 0 Å². The Morgan fingerprint density at radius 2 is 2.45 bits per heavy atom. The monoisotopic (exact) mass is 151 g/mol. The van der Waals surface area contributed by atoms with Crippen LogP contribution in [0.3, 0.4) is 0 Å². The molecule has 1 nitrogen and oxygen atoms in total. The van der Waals surface area contributed by atoms with Gasteiger partial charge in [-0.1, -0.05) is 6.92 Å². The van der Waals surface area contributed by atoms with Crippen molar-refractivity contribution in [2.45, 2.75) is 26.2 Å². The molecule has 0 aliphatic carbocycles. The first-order chi connectivity index (χ1) is 5.34. The van der Waals surface area contributed by atoms with Gasteiger partial charge in [0.25, 0.3) is 0 Å². The lowest BCUT2D eigenvalue weighted by Crippen LogP contribution is -2.35. The third-order valence-electron chi connectivity index (χ3n) is 2.65. The summed E-state index contributed by atoms with van der Waals surface area (Å²) in [5.41, 5.74) is 0. The topological polar surface area (TPSA) is 12.0 Å². The molecule has 62 valence electrons. The summed E-state index contributed by atoms with van der Waals surface area (Å²) in [4.78, 5) is 0. The van der Waals surface area contributed by atoms with Crippen LogP contribution < -0.4 is 5.32 Å². The molecule has 11 heavy (non-hydrogen) atoms. The molecule has 0 radical (unpaired) electrons. The van der Waals surface area contributed by atoms with Crippen molar-refractivity contribution in [3.8, 4) is 12.3 Å². The Hall–Kier alpha value is -0.480. The second-order valence-corrected chi connectivity index (χ2v) is 3.47. The van der Waals surface area contributed by atoms with Crippen LogP contribution in [0.25, 0.3) is 0 Å². The Bertz CT molecular complexity index is 145. The molecule has 1 N–H and O–H groups in total. The molecule has 2 atom stereocenters. The molecule has 0 saturated carbocycles. The zero-order valence-electron chi connectivity index (χ0n) is 7.27. The van der Waals surface area contributed by atoms with E-state index in [9.17, 15) is 0 Å². The van der Waals surface area contributed by atoms with Gasteiger partial charge < -0.3 is 5.32 Å². The maximum atomic E-state index is 5.22. The molecule has 0 bridgehead atoms. The number of hydrogen-bond donors (Lipinski definition) is 1. The Morgan fingerprint density at radius 3 is 3.09 bits per heavy atom. The molecular formula is C10H17N. The molecule has 1 heteroatoms. The van der Waals surface area contributed by atoms with E-state index in [0.717, 1.165) is 18.3 Å². The minimum absolute atomic E-state index is 0.819. The third-order valence-corrected chi connectivity index (χ3v) is 2.65. The maximum Gasteiger partial charge on any atom is 0.00892 e. The van der Waals surface area contributed by atoms with E-state index in [4.69, 9.17) is 6.42 Å². The summed E-state index contributed by atoms with van der Waals surface area (Å²) < 4.78 is 0. The lowest BCUT2D eigenvalue weighted by Gasteiger charge is -2.28. The van der Waals surface area contributed by atoms with Gasteiger partial charge in [-0.25, -0.2) is 0 Å². The van der Waals surface area contributed by atoms with Gasteiger partial charge in [0.1, 0.15) is 0 Å². The van der Waals surface area contributed by atoms with E-state index >= 15 is 0 Å². The van der Waals surface area contributed by atoms with Crippen molar-refractivity contribution in [1.29, 1.82) is 0 Å². The molecule has 0 aromatic rings. The van der Waals surface area contributed by atoms with Crippen LogP contribution in [0.5, 0.6) is 0 Å². The summed E-state index contributed by atoms with van der Waals surface area (Å²) in [6.45, 7) is 4.69. The van der Waals surface area contributed by atoms with Crippen molar-refractivity contribution in [3.63, 3.8) is 0 Å². The fraction of sp³-hybridized carbons (Fsp3) is 0.800. The highest BCUT2D eigenvalue weighted by Crippen LogP contribution is 2.22. The second-order valence-electron chi connectivity index (χ2n) is 3.47. The van der Waals surface area contributed by atoms with Crippen molar-refractivity contribution >= 4 is 0 Å². The highest BCUT2D eigenvalue weighted by Gasteiger charge is 2.19. The van der Waals surface area contributed by atoms with Crippen molar-refractivity contribution in [2.24, 2.45) is 11.8 Å². The zero-order valence-corrected chi connectivity index (χ0v) is 7.27. The van der Waals surface area contributed by atoms with Crippen LogP contribution in [0.15, 0.2) is 0 Å². The summed E-state index contributed by atoms with van der Waals surface area (Å²) in [6, 6.07) is 0. The molecule has 1 rings (SSSR count). The van der Waals surface area contributed by atoms with E-state index in [1.807, 2.05) is 0 Å². The molecule has 1 aliphatic rings. The van der Waals surface area contributed by atoms with Crippen LogP contribution in [0.1, 0.15) is 26.2 Å². The zero-order chi connectivity index (χ0) is 8.10. The standard InChI is InChI=1S/C10H17N/c1-3-4-5-10-8-11-7-6-9(10)2/h1,9-11H,4-8H2,2H3. The first-order valence-corrected chi connectivity index (χ1v) is 4.48. The summed E-state index contributed by atoms with van der Waals surface area (Å²) >= 11 is 0. The van der Waals surface area contributed by atoms with Crippen molar-refractivity contribution in [3.05, 3.63) is 0 Å². The maximum absolute atomic E-state index is 5.22. The highest BCUT2D eigenvalue weighted by atomic mass is 14.9. The number of terminal acetylenes is 1. The molecular weight excluding hydrogens is 134 g/mol. The van der Waals surface area contributed by atoms with Crippen LogP contribution in [0.2, 0.25) is 0 Å². The average molecular weight is 151 g/mol. The predicted molar refractivity (Wildman–Crippen MR) is 48.2 cm³/mol. The van der Waals surface area contributed by atoms with Crippen molar-refractivity contribution in [2.75, 3.05) is 13.1 Å². The fourth-order valence-corrected chi connectivity index (χ4v) is 1.71. The smallest absolute Gasteiger partial charge is 0.00892 e. The summed E-state index contributed by atoms with van der Waals surface area (Å²) in [6.07, 6.45) is 8.68. The molecule has 1 saturated heterocycles. The summed E-state index contributed by atoms with van der Waals surface area (Å²) in [5, 5.41) is 3.41. The fourth-order valence-electron chi connectivity index (χ4n) is 1.71. The van der Waals surface area contributed by atoms with Crippen LogP contribution >= 0.6 is 0 Å². The Kier molecular flexibility index (Phi) is 3.45. The van der Waals surface area contributed by atoms with E-state index in [2.05, 4.69) is 18.2 Å². The second kappa shape index (κ2) is 4.41. The average Bonchev–Trinajstić information content (AvgIpc) is 2.03. The molecule has 0 spiro atoms. The molecule has 0 aromatic carbocycles. The third kappa shape index (κ3) is 2.55. The number of rotatable bonds is 2. The molecule has 0 aromatic heterocycles. The Balaban J connectivity index is 2.25. The summed E-state index contributed by atoms with van der Waals surface area (Å²) in [5.74, 6) is 4.39. The van der Waals surface area contributed by atoms with Gasteiger partial charge in [-0.15, -0.1) is 12.3 Å². The first kappa shape index (κ1) is 8.62. The largest absolute Gasteiger partial charge is 0.316 e. The van der Waals surface area contributed by atoms with Gasteiger partial charge in [0.05, 0.1) is 0 Å². The van der Waals surface area contributed by atoms with E-state index in [0.29, 0.717) is 0 Å². The quantitative estimate of drug-likeness (QED) is 0.592. The number of hydrogen-bond acceptors (Lipinski definition) is 1. The van der Waals surface area contributed by atoms with Crippen molar-refractivity contribution in [1.82, 2.24) is 5.32 Å². The molecule has 1 fully saturated rings. The molecule has 2 unspecified atom stereocenters. The van der Waals surface area contributed by atoms with Crippen LogP contribution in [-0.4, -0.2) is 13.1 Å². The Labute approximate surface area is 69.6 Å². The van der Waals surface area contributed by atoms with Crippen molar-refractivity contribution < 1.29 is 0 Å². The SMILES string of the molecule is C#CCCC1CNCCC1C. The van der Waals surface area contributed by atoms with E-state index in [1.165, 1.54) is 25.9 Å². The lowest BCUT2D eigenvalue weighted by molar-refractivity contribution is 0.262. The number of piperidine rings is 1. The van der Waals surface area contributed by atoms with Gasteiger partial charge in [-0.05, 0) is 37.8 Å². The Morgan fingerprint density at radius 1 is 1.64 bits per heavy atom. The minimum Gasteiger partial charge on any atom is -0.316 e. The highest BCUT2D eigenvalue weighted by molar-refractivity contribution is 4.86. The lowest BCUT2D eigenvalue weighted by atomic mass is 9.85. The minimum atomic E-state index is 0.819. The van der Waals surface area contributed by atoms with Gasteiger partial charge in [-0.3, -0.25) is 0 Å². The first-order valence-electron chi connectivity index (χ1n) is 4.48. The molecule has 0 amide bonds. The number of nitrogens with one attached hydrogen (secondary N) is 1. The van der Waals surface area contributed by atoms with Gasteiger partial charge in [0.15, 0.2) is 0 Å². The molecule has 1 heterocycles. The van der Waals surface area contributed by atoms with Gasteiger partial charge in [0, 0.05) is 6.42 Å². The molecule has 1 aliphatic heterocycles. The predicted octanol–water partition coefficient (Wildman–Crippen LogP) is 1.65. The van der Waals surface area contributed by atoms with E-state index in [1.54, 1.807) is 0 Å².